The Kier molecular flexibility index (Phi) is 3.92. The molecule has 2 aromatic rings. The molecule has 3 heteroatoms. The van der Waals surface area contributed by atoms with Crippen molar-refractivity contribution in [3.63, 3.8) is 0 Å². The standard InChI is InChI=1S/C17H27N3/c1-6-17(7-2,12-18)15-19-13-10-8-9-11-14(13)20(15)16(3,4)5/h8-11H,6-7,12,18H2,1-5H3. The first-order valence-corrected chi connectivity index (χ1v) is 7.58. The fraction of sp³-hybridized carbons (Fsp3) is 0.588. The Bertz CT molecular complexity index is 578. The fourth-order valence-corrected chi connectivity index (χ4v) is 3.01. The molecule has 0 fully saturated rings. The van der Waals surface area contributed by atoms with Gasteiger partial charge in [-0.2, -0.15) is 0 Å². The Balaban J connectivity index is 2.82. The van der Waals surface area contributed by atoms with Gasteiger partial charge in [0.15, 0.2) is 0 Å². The third kappa shape index (κ3) is 2.24. The van der Waals surface area contributed by atoms with Gasteiger partial charge in [0.1, 0.15) is 5.82 Å². The molecule has 0 amide bonds. The van der Waals surface area contributed by atoms with E-state index in [2.05, 4.69) is 57.4 Å². The van der Waals surface area contributed by atoms with Crippen molar-refractivity contribution in [2.75, 3.05) is 6.54 Å². The minimum absolute atomic E-state index is 0.00377. The van der Waals surface area contributed by atoms with Gasteiger partial charge in [-0.1, -0.05) is 26.0 Å². The van der Waals surface area contributed by atoms with Crippen molar-refractivity contribution in [1.82, 2.24) is 9.55 Å². The molecule has 1 heterocycles. The van der Waals surface area contributed by atoms with Crippen LogP contribution in [0.2, 0.25) is 0 Å². The monoisotopic (exact) mass is 273 g/mol. The molecule has 0 radical (unpaired) electrons. The van der Waals surface area contributed by atoms with Gasteiger partial charge in [0.2, 0.25) is 0 Å². The number of para-hydroxylation sites is 2. The Morgan fingerprint density at radius 1 is 1.10 bits per heavy atom. The summed E-state index contributed by atoms with van der Waals surface area (Å²) in [5.74, 6) is 1.14. The number of imidazole rings is 1. The predicted octanol–water partition coefficient (Wildman–Crippen LogP) is 3.81. The average molecular weight is 273 g/mol. The summed E-state index contributed by atoms with van der Waals surface area (Å²) in [6, 6.07) is 8.38. The number of nitrogens with zero attached hydrogens (tertiary/aromatic N) is 2. The topological polar surface area (TPSA) is 43.8 Å². The predicted molar refractivity (Wildman–Crippen MR) is 86.0 cm³/mol. The van der Waals surface area contributed by atoms with Gasteiger partial charge in [0.25, 0.3) is 0 Å². The van der Waals surface area contributed by atoms with Crippen LogP contribution in [-0.4, -0.2) is 16.1 Å². The number of nitrogens with two attached hydrogens (primary N) is 1. The second-order valence-corrected chi connectivity index (χ2v) is 6.62. The van der Waals surface area contributed by atoms with Crippen molar-refractivity contribution in [3.8, 4) is 0 Å². The normalized spacial score (nSPS) is 13.1. The van der Waals surface area contributed by atoms with Crippen LogP contribution in [0.15, 0.2) is 24.3 Å². The minimum Gasteiger partial charge on any atom is -0.329 e. The van der Waals surface area contributed by atoms with Crippen LogP contribution in [0.3, 0.4) is 0 Å². The molecule has 0 atom stereocenters. The first-order valence-electron chi connectivity index (χ1n) is 7.58. The van der Waals surface area contributed by atoms with E-state index in [0.717, 1.165) is 24.2 Å². The third-order valence-corrected chi connectivity index (χ3v) is 4.45. The highest BCUT2D eigenvalue weighted by atomic mass is 15.1. The molecule has 3 nitrogen and oxygen atoms in total. The van der Waals surface area contributed by atoms with Gasteiger partial charge in [-0.15, -0.1) is 0 Å². The Morgan fingerprint density at radius 2 is 1.70 bits per heavy atom. The van der Waals surface area contributed by atoms with E-state index in [9.17, 15) is 0 Å². The number of hydrogen-bond donors (Lipinski definition) is 1. The maximum Gasteiger partial charge on any atom is 0.117 e. The van der Waals surface area contributed by atoms with E-state index in [1.165, 1.54) is 5.52 Å². The molecular formula is C17H27N3. The quantitative estimate of drug-likeness (QED) is 0.920. The molecule has 0 aliphatic carbocycles. The van der Waals surface area contributed by atoms with Gasteiger partial charge >= 0.3 is 0 Å². The molecule has 0 spiro atoms. The molecule has 1 aromatic carbocycles. The van der Waals surface area contributed by atoms with Crippen molar-refractivity contribution in [2.24, 2.45) is 5.73 Å². The van der Waals surface area contributed by atoms with Crippen LogP contribution in [0.5, 0.6) is 0 Å². The van der Waals surface area contributed by atoms with Crippen LogP contribution in [0, 0.1) is 0 Å². The Morgan fingerprint density at radius 3 is 2.20 bits per heavy atom. The number of aromatic nitrogens is 2. The summed E-state index contributed by atoms with van der Waals surface area (Å²) >= 11 is 0. The summed E-state index contributed by atoms with van der Waals surface area (Å²) in [5.41, 5.74) is 8.37. The van der Waals surface area contributed by atoms with Crippen LogP contribution >= 0.6 is 0 Å². The van der Waals surface area contributed by atoms with Gasteiger partial charge in [0.05, 0.1) is 11.0 Å². The van der Waals surface area contributed by atoms with Crippen LogP contribution < -0.4 is 5.73 Å². The first kappa shape index (κ1) is 15.0. The maximum atomic E-state index is 6.14. The summed E-state index contributed by atoms with van der Waals surface area (Å²) in [5, 5.41) is 0. The van der Waals surface area contributed by atoms with E-state index in [1.54, 1.807) is 0 Å². The van der Waals surface area contributed by atoms with Gasteiger partial charge in [-0.3, -0.25) is 0 Å². The van der Waals surface area contributed by atoms with Gasteiger partial charge < -0.3 is 10.3 Å². The summed E-state index contributed by atoms with van der Waals surface area (Å²) in [6.45, 7) is 11.8. The SMILES string of the molecule is CCC(CC)(CN)c1nc2ccccc2n1C(C)(C)C. The fourth-order valence-electron chi connectivity index (χ4n) is 3.01. The van der Waals surface area contributed by atoms with Crippen LogP contribution in [-0.2, 0) is 11.0 Å². The Labute approximate surface area is 122 Å². The highest BCUT2D eigenvalue weighted by Gasteiger charge is 2.35. The summed E-state index contributed by atoms with van der Waals surface area (Å²) in [7, 11) is 0. The van der Waals surface area contributed by atoms with E-state index in [0.29, 0.717) is 6.54 Å². The lowest BCUT2D eigenvalue weighted by Gasteiger charge is -2.34. The Hall–Kier alpha value is -1.35. The minimum atomic E-state index is -0.0354. The summed E-state index contributed by atoms with van der Waals surface area (Å²) < 4.78 is 2.38. The van der Waals surface area contributed by atoms with E-state index in [-0.39, 0.29) is 11.0 Å². The average Bonchev–Trinajstić information content (AvgIpc) is 2.81. The van der Waals surface area contributed by atoms with Gasteiger partial charge in [-0.05, 0) is 45.7 Å². The molecule has 0 aliphatic heterocycles. The molecule has 110 valence electrons. The van der Waals surface area contributed by atoms with E-state index in [1.807, 2.05) is 6.07 Å². The van der Waals surface area contributed by atoms with E-state index >= 15 is 0 Å². The number of rotatable bonds is 4. The summed E-state index contributed by atoms with van der Waals surface area (Å²) in [6.07, 6.45) is 2.03. The molecular weight excluding hydrogens is 246 g/mol. The van der Waals surface area contributed by atoms with Crippen LogP contribution in [0.1, 0.15) is 53.3 Å². The highest BCUT2D eigenvalue weighted by molar-refractivity contribution is 5.76. The van der Waals surface area contributed by atoms with Crippen LogP contribution in [0.4, 0.5) is 0 Å². The zero-order valence-corrected chi connectivity index (χ0v) is 13.4. The molecule has 2 rings (SSSR count). The molecule has 1 aromatic heterocycles. The van der Waals surface area contributed by atoms with Gasteiger partial charge in [0, 0.05) is 17.5 Å². The number of hydrogen-bond acceptors (Lipinski definition) is 2. The molecule has 0 bridgehead atoms. The zero-order chi connectivity index (χ0) is 15.0. The number of benzene rings is 1. The number of fused-ring (bicyclic) bond motifs is 1. The molecule has 0 saturated carbocycles. The lowest BCUT2D eigenvalue weighted by Crippen LogP contribution is -2.39. The second-order valence-electron chi connectivity index (χ2n) is 6.62. The van der Waals surface area contributed by atoms with Crippen molar-refractivity contribution in [1.29, 1.82) is 0 Å². The smallest absolute Gasteiger partial charge is 0.117 e. The molecule has 0 aliphatic rings. The first-order chi connectivity index (χ1) is 9.39. The third-order valence-electron chi connectivity index (χ3n) is 4.45. The lowest BCUT2D eigenvalue weighted by molar-refractivity contribution is 0.316. The molecule has 0 saturated heterocycles. The maximum absolute atomic E-state index is 6.14. The van der Waals surface area contributed by atoms with Crippen molar-refractivity contribution in [2.45, 2.75) is 58.4 Å². The molecule has 20 heavy (non-hydrogen) atoms. The summed E-state index contributed by atoms with van der Waals surface area (Å²) in [4.78, 5) is 4.95. The van der Waals surface area contributed by atoms with Crippen molar-refractivity contribution < 1.29 is 0 Å². The van der Waals surface area contributed by atoms with E-state index in [4.69, 9.17) is 10.7 Å². The van der Waals surface area contributed by atoms with Crippen LogP contribution in [0.25, 0.3) is 11.0 Å². The molecule has 2 N–H and O–H groups in total. The van der Waals surface area contributed by atoms with Crippen molar-refractivity contribution in [3.05, 3.63) is 30.1 Å². The van der Waals surface area contributed by atoms with Gasteiger partial charge in [-0.25, -0.2) is 4.98 Å². The molecule has 0 unspecified atom stereocenters. The lowest BCUT2D eigenvalue weighted by atomic mass is 9.81. The second kappa shape index (κ2) is 5.21. The zero-order valence-electron chi connectivity index (χ0n) is 13.4. The van der Waals surface area contributed by atoms with Crippen molar-refractivity contribution >= 4 is 11.0 Å². The van der Waals surface area contributed by atoms with E-state index < -0.39 is 0 Å². The highest BCUT2D eigenvalue weighted by Crippen LogP contribution is 2.36. The largest absolute Gasteiger partial charge is 0.329 e.